The molecule has 10 heteroatoms. The van der Waals surface area contributed by atoms with Gasteiger partial charge in [0.25, 0.3) is 0 Å². The number of nitrogens with zero attached hydrogens (tertiary/aromatic N) is 4. The molecule has 1 aliphatic rings. The second-order valence-corrected chi connectivity index (χ2v) is 13.2. The van der Waals surface area contributed by atoms with E-state index in [-0.39, 0.29) is 23.5 Å². The molecule has 0 bridgehead atoms. The molecule has 1 aliphatic heterocycles. The number of benzene rings is 1. The summed E-state index contributed by atoms with van der Waals surface area (Å²) >= 11 is 7.89. The summed E-state index contributed by atoms with van der Waals surface area (Å²) in [7, 11) is 0. The highest BCUT2D eigenvalue weighted by Gasteiger charge is 2.32. The van der Waals surface area contributed by atoms with Crippen molar-refractivity contribution in [3.63, 3.8) is 0 Å². The number of hydrogen-bond donors (Lipinski definition) is 2. The molecule has 0 saturated carbocycles. The Morgan fingerprint density at radius 2 is 1.82 bits per heavy atom. The molecule has 210 valence electrons. The Morgan fingerprint density at radius 3 is 2.49 bits per heavy atom. The number of aromatic nitrogens is 3. The molecule has 0 aliphatic carbocycles. The van der Waals surface area contributed by atoms with Crippen LogP contribution in [-0.2, 0) is 9.53 Å². The smallest absolute Gasteiger partial charge is 0.222 e. The Morgan fingerprint density at radius 1 is 1.13 bits per heavy atom. The first-order chi connectivity index (χ1) is 18.3. The van der Waals surface area contributed by atoms with E-state index in [9.17, 15) is 4.79 Å². The third-order valence-corrected chi connectivity index (χ3v) is 8.47. The minimum atomic E-state index is -0.493. The van der Waals surface area contributed by atoms with Gasteiger partial charge in [0, 0.05) is 39.7 Å². The average molecular weight is 571 g/mol. The van der Waals surface area contributed by atoms with Gasteiger partial charge in [-0.3, -0.25) is 14.4 Å². The van der Waals surface area contributed by atoms with Crippen molar-refractivity contribution in [2.45, 2.75) is 84.9 Å². The Kier molecular flexibility index (Phi) is 8.66. The number of nitrogens with two attached hydrogens (primary N) is 1. The molecular weight excluding hydrogens is 532 g/mol. The Bertz CT molecular complexity index is 1370. The van der Waals surface area contributed by atoms with Gasteiger partial charge in [-0.2, -0.15) is 0 Å². The molecule has 3 aromatic rings. The standard InChI is InChI=1S/C29H39ClN6O2S/c1-17-18(2)39-27-24(17)25(20-8-10-21(30)11-9-20)33-22(26-35-34-19(3)36(26)27)16-23(37)32-14-12-29(6,7)38-15-13-28(4,5)31/h8-11,22H,12-16,31H2,1-7H3,(H,32,37)/t22-/m0/s1. The van der Waals surface area contributed by atoms with Gasteiger partial charge in [0.1, 0.15) is 16.9 Å². The van der Waals surface area contributed by atoms with Crippen LogP contribution in [0.4, 0.5) is 0 Å². The summed E-state index contributed by atoms with van der Waals surface area (Å²) in [6.07, 6.45) is 1.60. The van der Waals surface area contributed by atoms with Gasteiger partial charge in [-0.05, 0) is 79.0 Å². The lowest BCUT2D eigenvalue weighted by Gasteiger charge is -2.28. The number of rotatable bonds is 10. The van der Waals surface area contributed by atoms with Crippen LogP contribution >= 0.6 is 22.9 Å². The molecule has 0 unspecified atom stereocenters. The van der Waals surface area contributed by atoms with E-state index >= 15 is 0 Å². The first-order valence-electron chi connectivity index (χ1n) is 13.3. The molecule has 0 spiro atoms. The minimum Gasteiger partial charge on any atom is -0.375 e. The van der Waals surface area contributed by atoms with Gasteiger partial charge in [0.15, 0.2) is 5.82 Å². The number of fused-ring (bicyclic) bond motifs is 3. The summed E-state index contributed by atoms with van der Waals surface area (Å²) in [5, 5.41) is 13.6. The van der Waals surface area contributed by atoms with Gasteiger partial charge >= 0.3 is 0 Å². The molecule has 1 amide bonds. The maximum atomic E-state index is 13.2. The van der Waals surface area contributed by atoms with E-state index in [2.05, 4.69) is 33.9 Å². The van der Waals surface area contributed by atoms with Crippen LogP contribution in [-0.4, -0.2) is 50.7 Å². The number of ether oxygens (including phenoxy) is 1. The number of nitrogens with one attached hydrogen (secondary N) is 1. The highest BCUT2D eigenvalue weighted by Crippen LogP contribution is 2.39. The first kappa shape index (κ1) is 29.4. The Balaban J connectivity index is 1.56. The molecule has 39 heavy (non-hydrogen) atoms. The summed E-state index contributed by atoms with van der Waals surface area (Å²) in [5.41, 5.74) is 9.41. The number of halogens is 1. The summed E-state index contributed by atoms with van der Waals surface area (Å²) < 4.78 is 8.10. The minimum absolute atomic E-state index is 0.0940. The van der Waals surface area contributed by atoms with E-state index in [1.807, 2.05) is 58.9 Å². The third kappa shape index (κ3) is 6.95. The molecule has 0 fully saturated rings. The van der Waals surface area contributed by atoms with Crippen molar-refractivity contribution in [1.29, 1.82) is 0 Å². The fraction of sp³-hybridized carbons (Fsp3) is 0.517. The molecule has 0 radical (unpaired) electrons. The van der Waals surface area contributed by atoms with E-state index in [4.69, 9.17) is 27.1 Å². The number of aryl methyl sites for hydroxylation is 2. The van der Waals surface area contributed by atoms with Gasteiger partial charge in [-0.25, -0.2) is 0 Å². The van der Waals surface area contributed by atoms with E-state index in [1.165, 1.54) is 4.88 Å². The molecule has 4 rings (SSSR count). The molecule has 8 nitrogen and oxygen atoms in total. The summed E-state index contributed by atoms with van der Waals surface area (Å²) in [4.78, 5) is 19.6. The lowest BCUT2D eigenvalue weighted by Crippen LogP contribution is -2.37. The largest absolute Gasteiger partial charge is 0.375 e. The predicted molar refractivity (Wildman–Crippen MR) is 158 cm³/mol. The highest BCUT2D eigenvalue weighted by atomic mass is 35.5. The molecule has 1 atom stereocenters. The molecule has 1 aromatic carbocycles. The van der Waals surface area contributed by atoms with Crippen molar-refractivity contribution in [2.24, 2.45) is 10.7 Å². The fourth-order valence-corrected chi connectivity index (χ4v) is 5.89. The maximum absolute atomic E-state index is 13.2. The van der Waals surface area contributed by atoms with Crippen LogP contribution in [0.3, 0.4) is 0 Å². The van der Waals surface area contributed by atoms with Crippen LogP contribution in [0.25, 0.3) is 5.00 Å². The van der Waals surface area contributed by atoms with Crippen molar-refractivity contribution >= 4 is 34.6 Å². The summed E-state index contributed by atoms with van der Waals surface area (Å²) in [5.74, 6) is 1.34. The normalized spacial score (nSPS) is 15.4. The van der Waals surface area contributed by atoms with Crippen molar-refractivity contribution < 1.29 is 9.53 Å². The molecule has 0 saturated heterocycles. The lowest BCUT2D eigenvalue weighted by atomic mass is 9.99. The van der Waals surface area contributed by atoms with Gasteiger partial charge in [-0.1, -0.05) is 23.7 Å². The summed E-state index contributed by atoms with van der Waals surface area (Å²) in [6.45, 7) is 15.3. The second kappa shape index (κ2) is 11.5. The first-order valence-corrected chi connectivity index (χ1v) is 14.5. The number of carbonyl (C=O) groups is 1. The van der Waals surface area contributed by atoms with E-state index in [0.29, 0.717) is 30.4 Å². The van der Waals surface area contributed by atoms with Crippen molar-refractivity contribution in [1.82, 2.24) is 20.1 Å². The predicted octanol–water partition coefficient (Wildman–Crippen LogP) is 5.62. The molecular formula is C29H39ClN6O2S. The summed E-state index contributed by atoms with van der Waals surface area (Å²) in [6, 6.07) is 7.18. The van der Waals surface area contributed by atoms with Crippen LogP contribution < -0.4 is 11.1 Å². The van der Waals surface area contributed by atoms with Gasteiger partial charge in [0.2, 0.25) is 5.91 Å². The van der Waals surface area contributed by atoms with Crippen LogP contribution in [0.1, 0.15) is 86.2 Å². The van der Waals surface area contributed by atoms with Crippen molar-refractivity contribution in [3.05, 3.63) is 62.5 Å². The number of carbonyl (C=O) groups excluding carboxylic acids is 1. The SMILES string of the molecule is Cc1sc2c(c1C)C(c1ccc(Cl)cc1)=N[C@@H](CC(=O)NCCC(C)(C)OCCC(C)(C)N)c1nnc(C)n1-2. The third-order valence-electron chi connectivity index (χ3n) is 7.02. The monoisotopic (exact) mass is 570 g/mol. The van der Waals surface area contributed by atoms with E-state index in [1.54, 1.807) is 11.3 Å². The van der Waals surface area contributed by atoms with Crippen LogP contribution in [0.5, 0.6) is 0 Å². The number of amides is 1. The second-order valence-electron chi connectivity index (χ2n) is 11.6. The van der Waals surface area contributed by atoms with Crippen LogP contribution in [0.2, 0.25) is 5.02 Å². The van der Waals surface area contributed by atoms with E-state index in [0.717, 1.165) is 39.6 Å². The average Bonchev–Trinajstić information content (AvgIpc) is 3.30. The molecule has 2 aromatic heterocycles. The number of hydrogen-bond acceptors (Lipinski definition) is 7. The van der Waals surface area contributed by atoms with Gasteiger partial charge < -0.3 is 15.8 Å². The zero-order valence-corrected chi connectivity index (χ0v) is 25.5. The number of thiophene rings is 1. The van der Waals surface area contributed by atoms with Gasteiger partial charge in [-0.15, -0.1) is 21.5 Å². The van der Waals surface area contributed by atoms with Crippen LogP contribution in [0, 0.1) is 20.8 Å². The Labute approximate surface area is 240 Å². The van der Waals surface area contributed by atoms with Crippen LogP contribution in [0.15, 0.2) is 29.3 Å². The maximum Gasteiger partial charge on any atom is 0.222 e. The quantitative estimate of drug-likeness (QED) is 0.329. The van der Waals surface area contributed by atoms with Gasteiger partial charge in [0.05, 0.1) is 17.7 Å². The molecule has 3 heterocycles. The van der Waals surface area contributed by atoms with Crippen molar-refractivity contribution in [3.8, 4) is 5.00 Å². The Hall–Kier alpha value is -2.59. The number of aliphatic imine (C=N–C) groups is 1. The zero-order valence-electron chi connectivity index (χ0n) is 23.9. The fourth-order valence-electron chi connectivity index (χ4n) is 4.55. The van der Waals surface area contributed by atoms with E-state index < -0.39 is 6.04 Å². The highest BCUT2D eigenvalue weighted by molar-refractivity contribution is 7.15. The topological polar surface area (TPSA) is 107 Å². The zero-order chi connectivity index (χ0) is 28.5. The van der Waals surface area contributed by atoms with Crippen molar-refractivity contribution in [2.75, 3.05) is 13.2 Å². The molecule has 3 N–H and O–H groups in total. The lowest BCUT2D eigenvalue weighted by molar-refractivity contribution is -0.121.